The lowest BCUT2D eigenvalue weighted by atomic mass is 10.1. The number of methoxy groups -OCH3 is 1. The Morgan fingerprint density at radius 2 is 1.88 bits per heavy atom. The summed E-state index contributed by atoms with van der Waals surface area (Å²) in [6.45, 7) is 0.480. The van der Waals surface area contributed by atoms with E-state index in [9.17, 15) is 4.79 Å². The van der Waals surface area contributed by atoms with Gasteiger partial charge in [-0.1, -0.05) is 48.5 Å². The van der Waals surface area contributed by atoms with Crippen LogP contribution in [0, 0.1) is 0 Å². The Labute approximate surface area is 140 Å². The molecule has 0 radical (unpaired) electrons. The molecule has 5 heteroatoms. The Kier molecular flexibility index (Phi) is 4.91. The molecule has 5 nitrogen and oxygen atoms in total. The third kappa shape index (κ3) is 3.46. The molecule has 0 atom stereocenters. The zero-order valence-corrected chi connectivity index (χ0v) is 13.4. The molecule has 1 amide bonds. The molecule has 3 aromatic rings. The van der Waals surface area contributed by atoms with Crippen LogP contribution in [0.25, 0.3) is 11.3 Å². The van der Waals surface area contributed by atoms with E-state index in [1.807, 2.05) is 54.6 Å². The number of nitrogens with one attached hydrogen (secondary N) is 1. The molecule has 0 unspecified atom stereocenters. The lowest BCUT2D eigenvalue weighted by Gasteiger charge is -2.08. The number of para-hydroxylation sites is 1. The fourth-order valence-corrected chi connectivity index (χ4v) is 2.51. The summed E-state index contributed by atoms with van der Waals surface area (Å²) in [4.78, 5) is 16.5. The molecule has 0 bridgehead atoms. The van der Waals surface area contributed by atoms with Gasteiger partial charge in [0.1, 0.15) is 11.4 Å². The van der Waals surface area contributed by atoms with Crippen LogP contribution >= 0.6 is 0 Å². The Morgan fingerprint density at radius 3 is 2.67 bits per heavy atom. The van der Waals surface area contributed by atoms with Crippen molar-refractivity contribution in [2.24, 2.45) is 0 Å². The van der Waals surface area contributed by atoms with E-state index < -0.39 is 0 Å². The molecular weight excluding hydrogens is 304 g/mol. The van der Waals surface area contributed by atoms with Gasteiger partial charge in [-0.05, 0) is 18.1 Å². The number of rotatable bonds is 6. The standard InChI is InChI=1S/C19H18N2O3/c1-23-16-10-6-5-7-14(16)11-12-20-19(22)18-17(21-13-24-18)15-8-3-2-4-9-15/h2-10,13H,11-12H2,1H3,(H,20,22). The third-order valence-corrected chi connectivity index (χ3v) is 3.69. The van der Waals surface area contributed by atoms with Crippen LogP contribution in [0.2, 0.25) is 0 Å². The molecule has 0 aliphatic rings. The van der Waals surface area contributed by atoms with E-state index >= 15 is 0 Å². The van der Waals surface area contributed by atoms with Gasteiger partial charge >= 0.3 is 0 Å². The van der Waals surface area contributed by atoms with Gasteiger partial charge in [0.2, 0.25) is 5.76 Å². The van der Waals surface area contributed by atoms with Gasteiger partial charge in [0, 0.05) is 12.1 Å². The van der Waals surface area contributed by atoms with Gasteiger partial charge < -0.3 is 14.5 Å². The van der Waals surface area contributed by atoms with Gasteiger partial charge in [0.15, 0.2) is 6.39 Å². The maximum atomic E-state index is 12.4. The predicted octanol–water partition coefficient (Wildman–Crippen LogP) is 3.32. The van der Waals surface area contributed by atoms with Crippen molar-refractivity contribution < 1.29 is 13.9 Å². The normalized spacial score (nSPS) is 10.4. The second-order valence-corrected chi connectivity index (χ2v) is 5.21. The quantitative estimate of drug-likeness (QED) is 0.756. The van der Waals surface area contributed by atoms with Crippen LogP contribution < -0.4 is 10.1 Å². The summed E-state index contributed by atoms with van der Waals surface area (Å²) < 4.78 is 10.6. The summed E-state index contributed by atoms with van der Waals surface area (Å²) in [7, 11) is 1.64. The zero-order chi connectivity index (χ0) is 16.8. The van der Waals surface area contributed by atoms with Crippen molar-refractivity contribution in [2.75, 3.05) is 13.7 Å². The number of benzene rings is 2. The number of nitrogens with zero attached hydrogens (tertiary/aromatic N) is 1. The second-order valence-electron chi connectivity index (χ2n) is 5.21. The summed E-state index contributed by atoms with van der Waals surface area (Å²) in [6, 6.07) is 17.2. The Hall–Kier alpha value is -3.08. The summed E-state index contributed by atoms with van der Waals surface area (Å²) in [5, 5.41) is 2.87. The Bertz CT molecular complexity index is 812. The summed E-state index contributed by atoms with van der Waals surface area (Å²) in [6.07, 6.45) is 1.96. The number of hydrogen-bond acceptors (Lipinski definition) is 4. The van der Waals surface area contributed by atoms with Crippen LogP contribution in [-0.2, 0) is 6.42 Å². The molecule has 0 aliphatic carbocycles. The Morgan fingerprint density at radius 1 is 1.12 bits per heavy atom. The highest BCUT2D eigenvalue weighted by atomic mass is 16.5. The van der Waals surface area contributed by atoms with Crippen molar-refractivity contribution in [2.45, 2.75) is 6.42 Å². The number of hydrogen-bond donors (Lipinski definition) is 1. The number of amides is 1. The van der Waals surface area contributed by atoms with Crippen molar-refractivity contribution in [3.05, 3.63) is 72.3 Å². The van der Waals surface area contributed by atoms with Crippen molar-refractivity contribution in [3.8, 4) is 17.0 Å². The molecule has 0 aliphatic heterocycles. The van der Waals surface area contributed by atoms with Crippen LogP contribution in [0.15, 0.2) is 65.4 Å². The molecule has 24 heavy (non-hydrogen) atoms. The second kappa shape index (κ2) is 7.46. The van der Waals surface area contributed by atoms with E-state index in [-0.39, 0.29) is 11.7 Å². The van der Waals surface area contributed by atoms with Crippen molar-refractivity contribution in [1.82, 2.24) is 10.3 Å². The molecule has 0 spiro atoms. The number of carbonyl (C=O) groups is 1. The summed E-state index contributed by atoms with van der Waals surface area (Å²) >= 11 is 0. The minimum atomic E-state index is -0.277. The fraction of sp³-hybridized carbons (Fsp3) is 0.158. The monoisotopic (exact) mass is 322 g/mol. The molecule has 122 valence electrons. The molecular formula is C19H18N2O3. The molecule has 0 fully saturated rings. The summed E-state index contributed by atoms with van der Waals surface area (Å²) in [5.74, 6) is 0.763. The lowest BCUT2D eigenvalue weighted by molar-refractivity contribution is 0.0927. The SMILES string of the molecule is COc1ccccc1CCNC(=O)c1ocnc1-c1ccccc1. The van der Waals surface area contributed by atoms with Gasteiger partial charge in [-0.25, -0.2) is 4.98 Å². The maximum absolute atomic E-state index is 12.4. The highest BCUT2D eigenvalue weighted by Gasteiger charge is 2.18. The van der Waals surface area contributed by atoms with E-state index in [0.29, 0.717) is 18.7 Å². The summed E-state index contributed by atoms with van der Waals surface area (Å²) in [5.41, 5.74) is 2.44. The molecule has 0 saturated heterocycles. The topological polar surface area (TPSA) is 64.4 Å². The first-order valence-electron chi connectivity index (χ1n) is 7.68. The van der Waals surface area contributed by atoms with Crippen molar-refractivity contribution >= 4 is 5.91 Å². The largest absolute Gasteiger partial charge is 0.496 e. The first-order valence-corrected chi connectivity index (χ1v) is 7.68. The fourth-order valence-electron chi connectivity index (χ4n) is 2.51. The van der Waals surface area contributed by atoms with Crippen LogP contribution in [0.3, 0.4) is 0 Å². The van der Waals surface area contributed by atoms with E-state index in [2.05, 4.69) is 10.3 Å². The van der Waals surface area contributed by atoms with E-state index in [1.165, 1.54) is 6.39 Å². The molecule has 1 heterocycles. The molecule has 3 rings (SSSR count). The highest BCUT2D eigenvalue weighted by Crippen LogP contribution is 2.22. The van der Waals surface area contributed by atoms with Gasteiger partial charge in [-0.15, -0.1) is 0 Å². The van der Waals surface area contributed by atoms with Gasteiger partial charge in [0.25, 0.3) is 5.91 Å². The van der Waals surface area contributed by atoms with E-state index in [0.717, 1.165) is 16.9 Å². The number of aromatic nitrogens is 1. The highest BCUT2D eigenvalue weighted by molar-refractivity contribution is 5.97. The van der Waals surface area contributed by atoms with Crippen molar-refractivity contribution in [1.29, 1.82) is 0 Å². The van der Waals surface area contributed by atoms with Crippen LogP contribution in [0.1, 0.15) is 16.1 Å². The average molecular weight is 322 g/mol. The van der Waals surface area contributed by atoms with Gasteiger partial charge in [0.05, 0.1) is 7.11 Å². The first kappa shape index (κ1) is 15.8. The smallest absolute Gasteiger partial charge is 0.289 e. The van der Waals surface area contributed by atoms with Crippen LogP contribution in [0.4, 0.5) is 0 Å². The minimum Gasteiger partial charge on any atom is -0.496 e. The van der Waals surface area contributed by atoms with Gasteiger partial charge in [-0.2, -0.15) is 0 Å². The predicted molar refractivity (Wildman–Crippen MR) is 91.0 cm³/mol. The first-order chi connectivity index (χ1) is 11.8. The number of carbonyl (C=O) groups excluding carboxylic acids is 1. The molecule has 1 N–H and O–H groups in total. The van der Waals surface area contributed by atoms with Crippen molar-refractivity contribution in [3.63, 3.8) is 0 Å². The average Bonchev–Trinajstić information content (AvgIpc) is 3.12. The lowest BCUT2D eigenvalue weighted by Crippen LogP contribution is -2.25. The van der Waals surface area contributed by atoms with Crippen LogP contribution in [-0.4, -0.2) is 24.5 Å². The van der Waals surface area contributed by atoms with E-state index in [4.69, 9.17) is 9.15 Å². The number of oxazole rings is 1. The molecule has 0 saturated carbocycles. The maximum Gasteiger partial charge on any atom is 0.289 e. The van der Waals surface area contributed by atoms with Gasteiger partial charge in [-0.3, -0.25) is 4.79 Å². The molecule has 2 aromatic carbocycles. The number of ether oxygens (including phenoxy) is 1. The Balaban J connectivity index is 1.65. The third-order valence-electron chi connectivity index (χ3n) is 3.69. The zero-order valence-electron chi connectivity index (χ0n) is 13.4. The minimum absolute atomic E-state index is 0.223. The van der Waals surface area contributed by atoms with E-state index in [1.54, 1.807) is 7.11 Å². The van der Waals surface area contributed by atoms with Crippen LogP contribution in [0.5, 0.6) is 5.75 Å². The molecule has 1 aromatic heterocycles.